The number of benzene rings is 1. The van der Waals surface area contributed by atoms with Crippen LogP contribution < -0.4 is 10.1 Å². The van der Waals surface area contributed by atoms with E-state index >= 15 is 0 Å². The lowest BCUT2D eigenvalue weighted by Crippen LogP contribution is -2.46. The molecular formula is C37H43NO13. The summed E-state index contributed by atoms with van der Waals surface area (Å²) in [5.41, 5.74) is -1.78. The number of nitrogens with one attached hydrogen (secondary N) is 1. The summed E-state index contributed by atoms with van der Waals surface area (Å²) in [6.45, 7) is 10.3. The van der Waals surface area contributed by atoms with Crippen LogP contribution in [0.3, 0.4) is 0 Å². The zero-order valence-electron chi connectivity index (χ0n) is 29.6. The maximum atomic E-state index is 13.9. The van der Waals surface area contributed by atoms with Crippen LogP contribution in [0.15, 0.2) is 35.8 Å². The molecule has 0 saturated heterocycles. The molecular weight excluding hydrogens is 666 g/mol. The highest BCUT2D eigenvalue weighted by atomic mass is 16.7. The highest BCUT2D eigenvalue weighted by Gasteiger charge is 2.52. The number of carbonyl (C=O) groups is 6. The Bertz CT molecular complexity index is 1810. The maximum Gasteiger partial charge on any atom is 0.312 e. The standard InChI is InChI=1S/C37H43NO13/c1-14-11-23(40)20-12-21(20)30(43)16(3)29(42)17(4)33(50-19(6)39)15(2)25(48-8)9-10-49-37(7)35(46)28-26-24(41)13-22(38-36(14)47)32(45)27(26)31(44)18(5)34(28)51-37/h9-11,13,15-17,20-21,25,29-30,33,42-44H,12H2,1-8H3,(H,38,47)/t15-,16+,17-,20+,21+,25-,29-,30-,33+,37-/m1/s1. The molecule has 0 spiro atoms. The van der Waals surface area contributed by atoms with Crippen molar-refractivity contribution < 1.29 is 63.0 Å². The van der Waals surface area contributed by atoms with Crippen molar-refractivity contribution in [1.82, 2.24) is 5.32 Å². The number of phenolic OH excluding ortho intramolecular Hbond substituents is 1. The number of ketones is 4. The molecule has 3 aliphatic heterocycles. The zero-order valence-corrected chi connectivity index (χ0v) is 29.6. The third kappa shape index (κ3) is 6.63. The first kappa shape index (κ1) is 37.6. The quantitative estimate of drug-likeness (QED) is 0.326. The number of carbonyl (C=O) groups excluding carboxylic acids is 6. The molecule has 1 saturated carbocycles. The second kappa shape index (κ2) is 13.8. The van der Waals surface area contributed by atoms with Gasteiger partial charge in [0.2, 0.25) is 5.78 Å². The number of allylic oxidation sites excluding steroid dienone is 3. The van der Waals surface area contributed by atoms with Crippen LogP contribution in [0.5, 0.6) is 11.5 Å². The number of Topliss-reactive ketones (excluding diaryl/α,β-unsaturated/α-hetero) is 2. The van der Waals surface area contributed by atoms with Crippen molar-refractivity contribution in [2.24, 2.45) is 29.6 Å². The van der Waals surface area contributed by atoms with Gasteiger partial charge in [-0.3, -0.25) is 28.8 Å². The van der Waals surface area contributed by atoms with Gasteiger partial charge in [0.15, 0.2) is 11.6 Å². The fourth-order valence-electron chi connectivity index (χ4n) is 7.27. The van der Waals surface area contributed by atoms with Gasteiger partial charge < -0.3 is 39.6 Å². The SMILES string of the molecule is CO[C@@H]1C=CO[C@]2(C)Oc3c(C)c(O)c4c(c3C2=O)C(=O)C=C(NC(=O)C(C)=CC(=O)[C@H]2C[C@@H]2[C@H](O)[C@@H](C)[C@@H](O)[C@@H](C)[C@@H](OC(C)=O)[C@@H]1C)C4=O. The lowest BCUT2D eigenvalue weighted by atomic mass is 9.79. The Morgan fingerprint density at radius 2 is 1.63 bits per heavy atom. The number of methoxy groups -OCH3 is 1. The molecule has 0 radical (unpaired) electrons. The van der Waals surface area contributed by atoms with Crippen LogP contribution in [0, 0.1) is 36.5 Å². The van der Waals surface area contributed by atoms with Crippen LogP contribution in [0.4, 0.5) is 0 Å². The van der Waals surface area contributed by atoms with Crippen LogP contribution in [-0.4, -0.2) is 87.6 Å². The third-order valence-corrected chi connectivity index (χ3v) is 10.5. The van der Waals surface area contributed by atoms with E-state index in [1.807, 2.05) is 0 Å². The molecule has 6 rings (SSSR count). The van der Waals surface area contributed by atoms with Crippen LogP contribution in [-0.2, 0) is 28.6 Å². The molecule has 5 bridgehead atoms. The molecule has 1 amide bonds. The molecule has 10 atom stereocenters. The van der Waals surface area contributed by atoms with E-state index in [-0.39, 0.29) is 22.4 Å². The first-order chi connectivity index (χ1) is 23.8. The fourth-order valence-corrected chi connectivity index (χ4v) is 7.27. The fraction of sp³-hybridized carbons (Fsp3) is 0.514. The number of esters is 1. The number of aliphatic hydroxyl groups is 2. The van der Waals surface area contributed by atoms with Gasteiger partial charge in [-0.1, -0.05) is 20.8 Å². The number of fused-ring (bicyclic) bond motifs is 12. The van der Waals surface area contributed by atoms with Crippen molar-refractivity contribution in [3.8, 4) is 11.5 Å². The molecule has 14 nitrogen and oxygen atoms in total. The summed E-state index contributed by atoms with van der Waals surface area (Å²) in [7, 11) is 1.40. The summed E-state index contributed by atoms with van der Waals surface area (Å²) in [5, 5.41) is 36.1. The van der Waals surface area contributed by atoms with E-state index in [1.165, 1.54) is 40.9 Å². The minimum Gasteiger partial charge on any atom is -0.507 e. The lowest BCUT2D eigenvalue weighted by molar-refractivity contribution is -0.160. The average Bonchev–Trinajstić information content (AvgIpc) is 3.84. The van der Waals surface area contributed by atoms with E-state index < -0.39 is 117 Å². The molecule has 2 aliphatic carbocycles. The number of hydrogen-bond donors (Lipinski definition) is 4. The molecule has 274 valence electrons. The van der Waals surface area contributed by atoms with Gasteiger partial charge >= 0.3 is 11.8 Å². The lowest BCUT2D eigenvalue weighted by Gasteiger charge is -2.37. The minimum absolute atomic E-state index is 0.0233. The van der Waals surface area contributed by atoms with Crippen molar-refractivity contribution >= 4 is 35.0 Å². The predicted octanol–water partition coefficient (Wildman–Crippen LogP) is 2.64. The van der Waals surface area contributed by atoms with Crippen LogP contribution >= 0.6 is 0 Å². The Kier molecular flexibility index (Phi) is 10.2. The van der Waals surface area contributed by atoms with E-state index in [0.29, 0.717) is 6.42 Å². The second-order valence-electron chi connectivity index (χ2n) is 14.0. The Balaban J connectivity index is 1.58. The molecule has 1 aromatic rings. The number of rotatable bonds is 2. The normalized spacial score (nSPS) is 34.2. The van der Waals surface area contributed by atoms with Crippen LogP contribution in [0.25, 0.3) is 0 Å². The molecule has 51 heavy (non-hydrogen) atoms. The summed E-state index contributed by atoms with van der Waals surface area (Å²) in [6, 6.07) is 0. The highest BCUT2D eigenvalue weighted by molar-refractivity contribution is 6.31. The minimum atomic E-state index is -2.05. The van der Waals surface area contributed by atoms with Crippen molar-refractivity contribution in [3.63, 3.8) is 0 Å². The number of phenols is 1. The Morgan fingerprint density at radius 3 is 2.25 bits per heavy atom. The van der Waals surface area contributed by atoms with Crippen molar-refractivity contribution in [2.75, 3.05) is 7.11 Å². The first-order valence-corrected chi connectivity index (χ1v) is 16.7. The molecule has 0 aromatic heterocycles. The summed E-state index contributed by atoms with van der Waals surface area (Å²) < 4.78 is 23.0. The van der Waals surface area contributed by atoms with Crippen LogP contribution in [0.2, 0.25) is 0 Å². The maximum absolute atomic E-state index is 13.9. The highest BCUT2D eigenvalue weighted by Crippen LogP contribution is 2.48. The average molecular weight is 710 g/mol. The van der Waals surface area contributed by atoms with E-state index in [4.69, 9.17) is 18.9 Å². The molecule has 4 N–H and O–H groups in total. The van der Waals surface area contributed by atoms with Gasteiger partial charge in [0, 0.05) is 61.8 Å². The van der Waals surface area contributed by atoms with Gasteiger partial charge in [0.05, 0.1) is 47.0 Å². The van der Waals surface area contributed by atoms with Gasteiger partial charge in [-0.25, -0.2) is 0 Å². The topological polar surface area (TPSA) is 212 Å². The smallest absolute Gasteiger partial charge is 0.312 e. The molecule has 0 unspecified atom stereocenters. The van der Waals surface area contributed by atoms with Crippen LogP contribution in [0.1, 0.15) is 84.6 Å². The summed E-state index contributed by atoms with van der Waals surface area (Å²) in [4.78, 5) is 79.5. The van der Waals surface area contributed by atoms with Gasteiger partial charge in [-0.15, -0.1) is 0 Å². The summed E-state index contributed by atoms with van der Waals surface area (Å²) in [5.74, 6) is -10.7. The Hall–Kier alpha value is -4.66. The largest absolute Gasteiger partial charge is 0.507 e. The Morgan fingerprint density at radius 1 is 0.961 bits per heavy atom. The Labute approximate surface area is 294 Å². The predicted molar refractivity (Wildman–Crippen MR) is 178 cm³/mol. The number of aliphatic hydroxyl groups excluding tert-OH is 2. The van der Waals surface area contributed by atoms with E-state index in [9.17, 15) is 44.1 Å². The van der Waals surface area contributed by atoms with E-state index in [2.05, 4.69) is 5.32 Å². The zero-order chi connectivity index (χ0) is 37.9. The van der Waals surface area contributed by atoms with Gasteiger partial charge in [-0.2, -0.15) is 0 Å². The number of amides is 1. The van der Waals surface area contributed by atoms with E-state index in [1.54, 1.807) is 20.8 Å². The number of hydrogen-bond acceptors (Lipinski definition) is 13. The molecule has 5 aliphatic rings. The van der Waals surface area contributed by atoms with E-state index in [0.717, 1.165) is 18.4 Å². The van der Waals surface area contributed by atoms with Crippen molar-refractivity contribution in [1.29, 1.82) is 0 Å². The van der Waals surface area contributed by atoms with Crippen molar-refractivity contribution in [3.05, 3.63) is 58.0 Å². The molecule has 14 heteroatoms. The summed E-state index contributed by atoms with van der Waals surface area (Å²) >= 11 is 0. The van der Waals surface area contributed by atoms with Gasteiger partial charge in [0.25, 0.3) is 11.7 Å². The molecule has 3 heterocycles. The monoisotopic (exact) mass is 709 g/mol. The van der Waals surface area contributed by atoms with Gasteiger partial charge in [0.1, 0.15) is 17.6 Å². The second-order valence-corrected chi connectivity index (χ2v) is 14.0. The molecule has 1 fully saturated rings. The first-order valence-electron chi connectivity index (χ1n) is 16.7. The van der Waals surface area contributed by atoms with Gasteiger partial charge in [-0.05, 0) is 38.3 Å². The number of aromatic hydroxyl groups is 1. The number of ether oxygens (including phenoxy) is 4. The summed E-state index contributed by atoms with van der Waals surface area (Å²) in [6.07, 6.45) is 0.761. The third-order valence-electron chi connectivity index (χ3n) is 10.5. The molecule has 1 aromatic carbocycles. The van der Waals surface area contributed by atoms with Crippen molar-refractivity contribution in [2.45, 2.75) is 85.1 Å².